The Morgan fingerprint density at radius 2 is 1.77 bits per heavy atom. The van der Waals surface area contributed by atoms with Crippen LogP contribution in [0.5, 0.6) is 0 Å². The van der Waals surface area contributed by atoms with E-state index in [2.05, 4.69) is 9.88 Å². The molecule has 39 heavy (non-hydrogen) atoms. The molecule has 1 aliphatic rings. The Hall–Kier alpha value is -2.18. The average molecular weight is 601 g/mol. The number of hydrogen-bond donors (Lipinski definition) is 0. The summed E-state index contributed by atoms with van der Waals surface area (Å²) in [5, 5.41) is 0.262. The molecule has 0 spiro atoms. The SMILES string of the molecule is CCC1CCCCN1S(=O)(=O)c1ccc(C(=O)N(CCN(CC)CC)c2nc3c(F)cc(F)cc3s2)cc1.Cl. The molecule has 1 aromatic heterocycles. The number of hydrogen-bond acceptors (Lipinski definition) is 6. The number of carbonyl (C=O) groups excluding carboxylic acids is 1. The zero-order chi connectivity index (χ0) is 27.4. The first-order valence-electron chi connectivity index (χ1n) is 13.1. The van der Waals surface area contributed by atoms with Gasteiger partial charge in [-0.25, -0.2) is 22.2 Å². The molecular weight excluding hydrogens is 566 g/mol. The van der Waals surface area contributed by atoms with E-state index in [4.69, 9.17) is 0 Å². The highest BCUT2D eigenvalue weighted by Crippen LogP contribution is 2.32. The number of rotatable bonds is 10. The van der Waals surface area contributed by atoms with Gasteiger partial charge in [0, 0.05) is 37.3 Å². The second-order valence-corrected chi connectivity index (χ2v) is 12.3. The van der Waals surface area contributed by atoms with E-state index in [1.807, 2.05) is 20.8 Å². The quantitative estimate of drug-likeness (QED) is 0.288. The minimum Gasteiger partial charge on any atom is -0.302 e. The van der Waals surface area contributed by atoms with Crippen LogP contribution in [0.3, 0.4) is 0 Å². The first kappa shape index (κ1) is 31.3. The van der Waals surface area contributed by atoms with Crippen LogP contribution >= 0.6 is 23.7 Å². The zero-order valence-electron chi connectivity index (χ0n) is 22.4. The van der Waals surface area contributed by atoms with E-state index in [-0.39, 0.29) is 46.4 Å². The van der Waals surface area contributed by atoms with Gasteiger partial charge >= 0.3 is 0 Å². The van der Waals surface area contributed by atoms with Crippen molar-refractivity contribution in [1.82, 2.24) is 14.2 Å². The van der Waals surface area contributed by atoms with E-state index in [0.717, 1.165) is 56.2 Å². The number of piperidine rings is 1. The van der Waals surface area contributed by atoms with Crippen molar-refractivity contribution >= 4 is 55.0 Å². The summed E-state index contributed by atoms with van der Waals surface area (Å²) in [6.45, 7) is 8.97. The standard InChI is InChI=1S/C27H34F2N4O3S2.ClH/c1-4-21-9-7-8-14-33(21)38(35,36)22-12-10-19(11-13-22)26(34)32(16-15-31(5-2)6-3)27-30-25-23(29)17-20(28)18-24(25)37-27;/h10-13,17-18,21H,4-9,14-16H2,1-3H3;1H. The van der Waals surface area contributed by atoms with Crippen molar-refractivity contribution in [3.05, 3.63) is 53.6 Å². The number of thiazole rings is 1. The molecule has 2 aromatic carbocycles. The lowest BCUT2D eigenvalue weighted by Gasteiger charge is -2.34. The van der Waals surface area contributed by atoms with Gasteiger partial charge in [0.25, 0.3) is 5.91 Å². The van der Waals surface area contributed by atoms with E-state index in [1.165, 1.54) is 35.2 Å². The molecule has 0 N–H and O–H groups in total. The molecule has 1 saturated heterocycles. The number of fused-ring (bicyclic) bond motifs is 1. The largest absolute Gasteiger partial charge is 0.302 e. The Balaban J connectivity index is 0.00000420. The lowest BCUT2D eigenvalue weighted by molar-refractivity contribution is 0.0983. The van der Waals surface area contributed by atoms with Crippen LogP contribution in [-0.4, -0.2) is 67.3 Å². The van der Waals surface area contributed by atoms with Crippen molar-refractivity contribution in [2.24, 2.45) is 0 Å². The molecule has 1 amide bonds. The van der Waals surface area contributed by atoms with E-state index in [0.29, 0.717) is 23.4 Å². The molecule has 1 unspecified atom stereocenters. The highest BCUT2D eigenvalue weighted by molar-refractivity contribution is 7.89. The lowest BCUT2D eigenvalue weighted by atomic mass is 10.0. The van der Waals surface area contributed by atoms with Crippen LogP contribution in [0.4, 0.5) is 13.9 Å². The van der Waals surface area contributed by atoms with Crippen LogP contribution in [-0.2, 0) is 10.0 Å². The van der Waals surface area contributed by atoms with Gasteiger partial charge < -0.3 is 4.90 Å². The third-order valence-electron chi connectivity index (χ3n) is 7.16. The van der Waals surface area contributed by atoms with Gasteiger partial charge in [0.2, 0.25) is 10.0 Å². The predicted molar refractivity (Wildman–Crippen MR) is 155 cm³/mol. The Morgan fingerprint density at radius 3 is 2.41 bits per heavy atom. The van der Waals surface area contributed by atoms with Gasteiger partial charge in [-0.1, -0.05) is 38.5 Å². The molecule has 7 nitrogen and oxygen atoms in total. The molecular formula is C27H35ClF2N4O3S2. The third-order valence-corrected chi connectivity index (χ3v) is 10.2. The molecule has 3 aromatic rings. The Kier molecular flexibility index (Phi) is 10.8. The summed E-state index contributed by atoms with van der Waals surface area (Å²) < 4.78 is 56.7. The van der Waals surface area contributed by atoms with Gasteiger partial charge in [0.15, 0.2) is 10.9 Å². The second kappa shape index (κ2) is 13.5. The maximum Gasteiger partial charge on any atom is 0.260 e. The summed E-state index contributed by atoms with van der Waals surface area (Å²) in [5.41, 5.74) is 0.306. The number of aromatic nitrogens is 1. The fourth-order valence-corrected chi connectivity index (χ4v) is 7.68. The van der Waals surface area contributed by atoms with Crippen molar-refractivity contribution in [3.63, 3.8) is 0 Å². The normalized spacial score (nSPS) is 16.4. The van der Waals surface area contributed by atoms with Crippen molar-refractivity contribution in [3.8, 4) is 0 Å². The summed E-state index contributed by atoms with van der Waals surface area (Å²) in [6, 6.07) is 7.93. The highest BCUT2D eigenvalue weighted by atomic mass is 35.5. The molecule has 4 rings (SSSR count). The summed E-state index contributed by atoms with van der Waals surface area (Å²) >= 11 is 1.05. The molecule has 0 radical (unpaired) electrons. The van der Waals surface area contributed by atoms with Crippen LogP contribution in [0.2, 0.25) is 0 Å². The topological polar surface area (TPSA) is 73.8 Å². The molecule has 1 aliphatic heterocycles. The number of amides is 1. The van der Waals surface area contributed by atoms with Crippen molar-refractivity contribution in [2.75, 3.05) is 37.6 Å². The number of nitrogens with zero attached hydrogens (tertiary/aromatic N) is 4. The second-order valence-electron chi connectivity index (χ2n) is 9.41. The third kappa shape index (κ3) is 6.77. The van der Waals surface area contributed by atoms with Crippen LogP contribution in [0.1, 0.15) is 56.8 Å². The number of anilines is 1. The van der Waals surface area contributed by atoms with Gasteiger partial charge in [-0.3, -0.25) is 9.69 Å². The van der Waals surface area contributed by atoms with Gasteiger partial charge in [-0.05, 0) is 62.7 Å². The van der Waals surface area contributed by atoms with Crippen molar-refractivity contribution < 1.29 is 22.0 Å². The van der Waals surface area contributed by atoms with Gasteiger partial charge in [0.1, 0.15) is 11.3 Å². The van der Waals surface area contributed by atoms with Gasteiger partial charge in [-0.15, -0.1) is 12.4 Å². The molecule has 0 bridgehead atoms. The minimum atomic E-state index is -3.68. The van der Waals surface area contributed by atoms with Crippen LogP contribution < -0.4 is 4.90 Å². The number of halogens is 3. The van der Waals surface area contributed by atoms with Gasteiger partial charge in [0.05, 0.1) is 9.60 Å². The maximum absolute atomic E-state index is 14.4. The van der Waals surface area contributed by atoms with Crippen LogP contribution in [0.25, 0.3) is 10.2 Å². The molecule has 2 heterocycles. The molecule has 1 atom stereocenters. The van der Waals surface area contributed by atoms with E-state index in [9.17, 15) is 22.0 Å². The molecule has 0 aliphatic carbocycles. The van der Waals surface area contributed by atoms with E-state index in [1.54, 1.807) is 4.31 Å². The summed E-state index contributed by atoms with van der Waals surface area (Å²) in [5.74, 6) is -1.87. The first-order valence-corrected chi connectivity index (χ1v) is 15.4. The van der Waals surface area contributed by atoms with E-state index >= 15 is 0 Å². The Bertz CT molecular complexity index is 1380. The molecule has 214 valence electrons. The zero-order valence-corrected chi connectivity index (χ0v) is 24.8. The maximum atomic E-state index is 14.4. The van der Waals surface area contributed by atoms with Gasteiger partial charge in [-0.2, -0.15) is 4.31 Å². The summed E-state index contributed by atoms with van der Waals surface area (Å²) in [4.78, 5) is 21.8. The van der Waals surface area contributed by atoms with E-state index < -0.39 is 21.7 Å². The van der Waals surface area contributed by atoms with Crippen molar-refractivity contribution in [2.45, 2.75) is 57.4 Å². The molecule has 0 saturated carbocycles. The minimum absolute atomic E-state index is 0. The van der Waals surface area contributed by atoms with Crippen molar-refractivity contribution in [1.29, 1.82) is 0 Å². The van der Waals surface area contributed by atoms with Crippen LogP contribution in [0, 0.1) is 11.6 Å². The number of likely N-dealkylation sites (N-methyl/N-ethyl adjacent to an activating group) is 1. The monoisotopic (exact) mass is 600 g/mol. The smallest absolute Gasteiger partial charge is 0.260 e. The number of benzene rings is 2. The molecule has 12 heteroatoms. The highest BCUT2D eigenvalue weighted by Gasteiger charge is 2.33. The summed E-state index contributed by atoms with van der Waals surface area (Å²) in [6.07, 6.45) is 3.45. The predicted octanol–water partition coefficient (Wildman–Crippen LogP) is 5.94. The average Bonchev–Trinajstić information content (AvgIpc) is 3.35. The first-order chi connectivity index (χ1) is 18.2. The number of sulfonamides is 1. The fourth-order valence-electron chi connectivity index (χ4n) is 4.89. The fraction of sp³-hybridized carbons (Fsp3) is 0.481. The summed E-state index contributed by atoms with van der Waals surface area (Å²) in [7, 11) is -3.68. The Morgan fingerprint density at radius 1 is 1.08 bits per heavy atom. The lowest BCUT2D eigenvalue weighted by Crippen LogP contribution is -2.43. The number of carbonyl (C=O) groups is 1. The Labute approximate surface area is 239 Å². The van der Waals surface area contributed by atoms with Crippen LogP contribution in [0.15, 0.2) is 41.3 Å². The molecule has 1 fully saturated rings.